The normalized spacial score (nSPS) is 11.3. The smallest absolute Gasteiger partial charge is 0.416 e. The zero-order valence-corrected chi connectivity index (χ0v) is 15.2. The molecule has 0 bridgehead atoms. The first-order valence-electron chi connectivity index (χ1n) is 8.43. The maximum atomic E-state index is 12.9. The number of para-hydroxylation sites is 1. The fraction of sp³-hybridized carbons (Fsp3) is 0.200. The highest BCUT2D eigenvalue weighted by molar-refractivity contribution is 6.05. The Labute approximate surface area is 159 Å². The number of rotatable bonds is 5. The molecular formula is C20H18F3N3O2. The third-order valence-electron chi connectivity index (χ3n) is 4.16. The van der Waals surface area contributed by atoms with Crippen molar-refractivity contribution in [2.75, 3.05) is 12.4 Å². The van der Waals surface area contributed by atoms with Gasteiger partial charge in [-0.15, -0.1) is 0 Å². The molecule has 0 aliphatic carbocycles. The van der Waals surface area contributed by atoms with Crippen molar-refractivity contribution in [3.63, 3.8) is 0 Å². The van der Waals surface area contributed by atoms with E-state index in [4.69, 9.17) is 4.74 Å². The highest BCUT2D eigenvalue weighted by Crippen LogP contribution is 2.29. The van der Waals surface area contributed by atoms with Crippen LogP contribution in [0.2, 0.25) is 0 Å². The van der Waals surface area contributed by atoms with Crippen LogP contribution in [0.1, 0.15) is 27.2 Å². The summed E-state index contributed by atoms with van der Waals surface area (Å²) < 4.78 is 45.3. The van der Waals surface area contributed by atoms with E-state index in [0.717, 1.165) is 12.1 Å². The molecule has 5 nitrogen and oxygen atoms in total. The van der Waals surface area contributed by atoms with Gasteiger partial charge >= 0.3 is 6.18 Å². The van der Waals surface area contributed by atoms with Crippen molar-refractivity contribution >= 4 is 11.7 Å². The highest BCUT2D eigenvalue weighted by atomic mass is 19.4. The van der Waals surface area contributed by atoms with E-state index in [1.165, 1.54) is 17.9 Å². The van der Waals surface area contributed by atoms with Gasteiger partial charge in [-0.1, -0.05) is 24.3 Å². The SMILES string of the molecule is COc1ccccc1C(=O)Nc1cc(C)n(Cc2cccc(C(F)(F)F)c2)n1. The average Bonchev–Trinajstić information content (AvgIpc) is 3.00. The number of amides is 1. The Morgan fingerprint density at radius 3 is 2.61 bits per heavy atom. The van der Waals surface area contributed by atoms with Crippen molar-refractivity contribution in [2.45, 2.75) is 19.6 Å². The minimum absolute atomic E-state index is 0.153. The van der Waals surface area contributed by atoms with Gasteiger partial charge in [0.15, 0.2) is 5.82 Å². The Bertz CT molecular complexity index is 996. The molecule has 2 aromatic carbocycles. The first kappa shape index (κ1) is 19.5. The lowest BCUT2D eigenvalue weighted by Crippen LogP contribution is -2.14. The third kappa shape index (κ3) is 4.33. The number of methoxy groups -OCH3 is 1. The molecule has 3 aromatic rings. The van der Waals surface area contributed by atoms with Gasteiger partial charge in [-0.2, -0.15) is 18.3 Å². The number of aryl methyl sites for hydroxylation is 1. The van der Waals surface area contributed by atoms with Crippen LogP contribution in [0.3, 0.4) is 0 Å². The van der Waals surface area contributed by atoms with Crippen molar-refractivity contribution in [1.82, 2.24) is 9.78 Å². The number of hydrogen-bond acceptors (Lipinski definition) is 3. The summed E-state index contributed by atoms with van der Waals surface area (Å²) in [5.41, 5.74) is 0.811. The van der Waals surface area contributed by atoms with Crippen LogP contribution in [0.4, 0.5) is 19.0 Å². The van der Waals surface area contributed by atoms with Crippen LogP contribution in [0.25, 0.3) is 0 Å². The van der Waals surface area contributed by atoms with E-state index in [1.54, 1.807) is 43.3 Å². The molecule has 1 N–H and O–H groups in total. The Hall–Kier alpha value is -3.29. The second-order valence-electron chi connectivity index (χ2n) is 6.18. The van der Waals surface area contributed by atoms with E-state index in [0.29, 0.717) is 28.4 Å². The maximum absolute atomic E-state index is 12.9. The van der Waals surface area contributed by atoms with Crippen LogP contribution >= 0.6 is 0 Å². The van der Waals surface area contributed by atoms with E-state index in [-0.39, 0.29) is 12.5 Å². The van der Waals surface area contributed by atoms with E-state index < -0.39 is 11.7 Å². The Morgan fingerprint density at radius 1 is 1.14 bits per heavy atom. The molecule has 1 aromatic heterocycles. The fourth-order valence-corrected chi connectivity index (χ4v) is 2.77. The predicted molar refractivity (Wildman–Crippen MR) is 98.5 cm³/mol. The van der Waals surface area contributed by atoms with Gasteiger partial charge in [-0.25, -0.2) is 0 Å². The van der Waals surface area contributed by atoms with Crippen molar-refractivity contribution < 1.29 is 22.7 Å². The van der Waals surface area contributed by atoms with Crippen LogP contribution < -0.4 is 10.1 Å². The molecule has 0 fully saturated rings. The van der Waals surface area contributed by atoms with Gasteiger partial charge in [-0.3, -0.25) is 9.48 Å². The van der Waals surface area contributed by atoms with Crippen molar-refractivity contribution in [3.05, 3.63) is 77.0 Å². The molecule has 8 heteroatoms. The summed E-state index contributed by atoms with van der Waals surface area (Å²) in [4.78, 5) is 12.5. The van der Waals surface area contributed by atoms with Crippen molar-refractivity contribution in [1.29, 1.82) is 0 Å². The number of nitrogens with one attached hydrogen (secondary N) is 1. The lowest BCUT2D eigenvalue weighted by molar-refractivity contribution is -0.137. The summed E-state index contributed by atoms with van der Waals surface area (Å²) >= 11 is 0. The molecule has 28 heavy (non-hydrogen) atoms. The minimum atomic E-state index is -4.40. The molecule has 0 radical (unpaired) electrons. The van der Waals surface area contributed by atoms with E-state index >= 15 is 0 Å². The topological polar surface area (TPSA) is 56.1 Å². The number of halogens is 3. The summed E-state index contributed by atoms with van der Waals surface area (Å²) in [7, 11) is 1.47. The molecule has 0 saturated carbocycles. The first-order chi connectivity index (χ1) is 13.3. The lowest BCUT2D eigenvalue weighted by atomic mass is 10.1. The molecule has 0 unspecified atom stereocenters. The van der Waals surface area contributed by atoms with Crippen LogP contribution in [0.15, 0.2) is 54.6 Å². The fourth-order valence-electron chi connectivity index (χ4n) is 2.77. The zero-order valence-electron chi connectivity index (χ0n) is 15.2. The molecular weight excluding hydrogens is 371 g/mol. The number of nitrogens with zero attached hydrogens (tertiary/aromatic N) is 2. The van der Waals surface area contributed by atoms with Gasteiger partial charge in [0.2, 0.25) is 0 Å². The monoisotopic (exact) mass is 389 g/mol. The third-order valence-corrected chi connectivity index (χ3v) is 4.16. The number of anilines is 1. The molecule has 0 spiro atoms. The second kappa shape index (κ2) is 7.75. The van der Waals surface area contributed by atoms with E-state index in [2.05, 4.69) is 10.4 Å². The minimum Gasteiger partial charge on any atom is -0.496 e. The standard InChI is InChI=1S/C20H18F3N3O2/c1-13-10-18(24-19(27)16-8-3-4-9-17(16)28-2)25-26(13)12-14-6-5-7-15(11-14)20(21,22)23/h3-11H,12H2,1-2H3,(H,24,25,27). The summed E-state index contributed by atoms with van der Waals surface area (Å²) in [6.45, 7) is 1.92. The van der Waals surface area contributed by atoms with Crippen molar-refractivity contribution in [3.8, 4) is 5.75 Å². The van der Waals surface area contributed by atoms with Gasteiger partial charge in [0, 0.05) is 11.8 Å². The molecule has 1 heterocycles. The molecule has 0 atom stereocenters. The molecule has 0 saturated heterocycles. The molecule has 0 aliphatic rings. The second-order valence-corrected chi connectivity index (χ2v) is 6.18. The number of carbonyl (C=O) groups excluding carboxylic acids is 1. The predicted octanol–water partition coefficient (Wildman–Crippen LogP) is 4.52. The van der Waals surface area contributed by atoms with Crippen LogP contribution in [0, 0.1) is 6.92 Å². The number of carbonyl (C=O) groups is 1. The Balaban J connectivity index is 1.78. The van der Waals surface area contributed by atoms with E-state index in [9.17, 15) is 18.0 Å². The summed E-state index contributed by atoms with van der Waals surface area (Å²) in [5, 5.41) is 6.97. The molecule has 0 aliphatic heterocycles. The molecule has 146 valence electrons. The summed E-state index contributed by atoms with van der Waals surface area (Å²) in [6.07, 6.45) is -4.40. The average molecular weight is 389 g/mol. The van der Waals surface area contributed by atoms with Crippen molar-refractivity contribution in [2.24, 2.45) is 0 Å². The van der Waals surface area contributed by atoms with E-state index in [1.807, 2.05) is 0 Å². The number of alkyl halides is 3. The summed E-state index contributed by atoms with van der Waals surface area (Å²) in [5.74, 6) is 0.349. The molecule has 1 amide bonds. The largest absolute Gasteiger partial charge is 0.496 e. The zero-order chi connectivity index (χ0) is 20.3. The highest BCUT2D eigenvalue weighted by Gasteiger charge is 2.30. The Kier molecular flexibility index (Phi) is 5.39. The Morgan fingerprint density at radius 2 is 1.89 bits per heavy atom. The molecule has 3 rings (SSSR count). The van der Waals surface area contributed by atoms with Gasteiger partial charge in [0.1, 0.15) is 5.75 Å². The van der Waals surface area contributed by atoms with Gasteiger partial charge in [-0.05, 0) is 36.8 Å². The van der Waals surface area contributed by atoms with Crippen LogP contribution in [-0.2, 0) is 12.7 Å². The van der Waals surface area contributed by atoms with Gasteiger partial charge in [0.25, 0.3) is 5.91 Å². The van der Waals surface area contributed by atoms with Gasteiger partial charge < -0.3 is 10.1 Å². The summed E-state index contributed by atoms with van der Waals surface area (Å²) in [6, 6.07) is 13.5. The van der Waals surface area contributed by atoms with Gasteiger partial charge in [0.05, 0.1) is 24.8 Å². The number of hydrogen-bond donors (Lipinski definition) is 1. The maximum Gasteiger partial charge on any atom is 0.416 e. The first-order valence-corrected chi connectivity index (χ1v) is 8.43. The number of ether oxygens (including phenoxy) is 1. The van der Waals surface area contributed by atoms with Crippen LogP contribution in [0.5, 0.6) is 5.75 Å². The van der Waals surface area contributed by atoms with Crippen LogP contribution in [-0.4, -0.2) is 22.8 Å². The quantitative estimate of drug-likeness (QED) is 0.698. The lowest BCUT2D eigenvalue weighted by Gasteiger charge is -2.10. The number of benzene rings is 2. The number of aromatic nitrogens is 2.